The largest absolute Gasteiger partial charge is 0.361 e. The van der Waals surface area contributed by atoms with Crippen molar-refractivity contribution in [3.63, 3.8) is 0 Å². The van der Waals surface area contributed by atoms with Crippen molar-refractivity contribution in [2.24, 2.45) is 0 Å². The molecule has 2 atom stereocenters. The Kier molecular flexibility index (Phi) is 6.71. The number of ether oxygens (including phenoxy) is 1. The topological polar surface area (TPSA) is 84.0 Å². The van der Waals surface area contributed by atoms with Gasteiger partial charge in [-0.3, -0.25) is 19.2 Å². The first-order chi connectivity index (χ1) is 14.2. The van der Waals surface area contributed by atoms with E-state index in [4.69, 9.17) is 4.74 Å². The number of carbonyl (C=O) groups is 4. The maximum atomic E-state index is 12.3. The van der Waals surface area contributed by atoms with Crippen LogP contribution in [0.4, 0.5) is 0 Å². The van der Waals surface area contributed by atoms with Crippen molar-refractivity contribution in [1.82, 2.24) is 9.80 Å². The van der Waals surface area contributed by atoms with Crippen LogP contribution in [-0.2, 0) is 23.9 Å². The Balaban J connectivity index is 1.85. The molecule has 0 aromatic heterocycles. The minimum Gasteiger partial charge on any atom is -0.361 e. The van der Waals surface area contributed by atoms with Crippen molar-refractivity contribution >= 4 is 23.4 Å². The van der Waals surface area contributed by atoms with Gasteiger partial charge in [-0.05, 0) is 56.2 Å². The number of aryl methyl sites for hydroxylation is 3. The summed E-state index contributed by atoms with van der Waals surface area (Å²) in [5, 5.41) is 0. The van der Waals surface area contributed by atoms with Crippen LogP contribution in [0.3, 0.4) is 0 Å². The molecule has 1 aromatic carbocycles. The van der Waals surface area contributed by atoms with Crippen molar-refractivity contribution in [2.45, 2.75) is 58.6 Å². The lowest BCUT2D eigenvalue weighted by Gasteiger charge is -2.32. The smallest absolute Gasteiger partial charge is 0.232 e. The summed E-state index contributed by atoms with van der Waals surface area (Å²) >= 11 is 0. The molecule has 7 nitrogen and oxygen atoms in total. The van der Waals surface area contributed by atoms with Gasteiger partial charge in [-0.25, -0.2) is 0 Å². The zero-order valence-corrected chi connectivity index (χ0v) is 18.2. The number of amides is 2. The van der Waals surface area contributed by atoms with E-state index in [0.29, 0.717) is 19.4 Å². The number of benzene rings is 1. The van der Waals surface area contributed by atoms with Crippen LogP contribution in [-0.4, -0.2) is 66.2 Å². The number of nitrogens with zero attached hydrogens (tertiary/aromatic N) is 2. The molecular weight excluding hydrogens is 384 g/mol. The lowest BCUT2D eigenvalue weighted by atomic mass is 9.84. The normalized spacial score (nSPS) is 19.2. The van der Waals surface area contributed by atoms with Crippen LogP contribution in [0, 0.1) is 20.8 Å². The minimum atomic E-state index is -0.509. The van der Waals surface area contributed by atoms with Gasteiger partial charge in [0.15, 0.2) is 11.6 Å². The van der Waals surface area contributed by atoms with Gasteiger partial charge in [-0.2, -0.15) is 0 Å². The molecule has 0 saturated carbocycles. The van der Waals surface area contributed by atoms with Gasteiger partial charge in [-0.15, -0.1) is 0 Å². The highest BCUT2D eigenvalue weighted by Crippen LogP contribution is 2.34. The van der Waals surface area contributed by atoms with Gasteiger partial charge in [0, 0.05) is 13.7 Å². The quantitative estimate of drug-likeness (QED) is 0.608. The van der Waals surface area contributed by atoms with Crippen LogP contribution >= 0.6 is 0 Å². The van der Waals surface area contributed by atoms with Crippen LogP contribution in [0.1, 0.15) is 53.9 Å². The third-order valence-electron chi connectivity index (χ3n) is 6.08. The molecule has 2 fully saturated rings. The molecule has 0 bridgehead atoms. The van der Waals surface area contributed by atoms with Crippen LogP contribution in [0.5, 0.6) is 0 Å². The fraction of sp³-hybridized carbons (Fsp3) is 0.565. The predicted octanol–water partition coefficient (Wildman–Crippen LogP) is 2.05. The molecule has 2 saturated heterocycles. The molecule has 0 aliphatic carbocycles. The summed E-state index contributed by atoms with van der Waals surface area (Å²) in [6.07, 6.45) is 0.580. The molecular formula is C23H30N2O5. The van der Waals surface area contributed by atoms with Gasteiger partial charge in [-0.1, -0.05) is 17.7 Å². The number of carbonyl (C=O) groups excluding carboxylic acids is 4. The Bertz CT molecular complexity index is 855. The zero-order chi connectivity index (χ0) is 22.0. The summed E-state index contributed by atoms with van der Waals surface area (Å²) < 4.78 is 5.64. The van der Waals surface area contributed by atoms with Crippen molar-refractivity contribution in [1.29, 1.82) is 0 Å². The lowest BCUT2D eigenvalue weighted by Crippen LogP contribution is -2.39. The van der Waals surface area contributed by atoms with E-state index < -0.39 is 6.23 Å². The fourth-order valence-electron chi connectivity index (χ4n) is 4.83. The minimum absolute atomic E-state index is 0.0155. The van der Waals surface area contributed by atoms with E-state index in [-0.39, 0.29) is 55.2 Å². The molecule has 2 aliphatic heterocycles. The summed E-state index contributed by atoms with van der Waals surface area (Å²) in [6, 6.07) is 4.26. The molecule has 2 aliphatic rings. The Morgan fingerprint density at radius 1 is 0.933 bits per heavy atom. The van der Waals surface area contributed by atoms with E-state index >= 15 is 0 Å². The second-order valence-corrected chi connectivity index (χ2v) is 8.49. The molecule has 7 heteroatoms. The summed E-state index contributed by atoms with van der Waals surface area (Å²) in [6.45, 7) is 6.92. The molecule has 3 rings (SSSR count). The van der Waals surface area contributed by atoms with Crippen LogP contribution in [0.25, 0.3) is 0 Å². The average Bonchev–Trinajstić information content (AvgIpc) is 3.15. The third kappa shape index (κ3) is 4.78. The van der Waals surface area contributed by atoms with Crippen molar-refractivity contribution in [3.05, 3.63) is 34.4 Å². The van der Waals surface area contributed by atoms with Gasteiger partial charge in [0.05, 0.1) is 25.9 Å². The predicted molar refractivity (Wildman–Crippen MR) is 111 cm³/mol. The van der Waals surface area contributed by atoms with Gasteiger partial charge >= 0.3 is 0 Å². The van der Waals surface area contributed by atoms with Gasteiger partial charge in [0.1, 0.15) is 6.23 Å². The second kappa shape index (κ2) is 9.08. The third-order valence-corrected chi connectivity index (χ3v) is 6.08. The highest BCUT2D eigenvalue weighted by Gasteiger charge is 2.35. The van der Waals surface area contributed by atoms with E-state index in [1.807, 2.05) is 0 Å². The summed E-state index contributed by atoms with van der Waals surface area (Å²) in [5.41, 5.74) is 4.66. The van der Waals surface area contributed by atoms with Gasteiger partial charge < -0.3 is 14.5 Å². The molecule has 30 heavy (non-hydrogen) atoms. The maximum absolute atomic E-state index is 12.3. The molecule has 2 amide bonds. The molecule has 162 valence electrons. The number of hydrogen-bond donors (Lipinski definition) is 0. The van der Waals surface area contributed by atoms with E-state index in [2.05, 4.69) is 32.9 Å². The van der Waals surface area contributed by atoms with Crippen molar-refractivity contribution in [3.8, 4) is 0 Å². The number of Topliss-reactive ketones (excluding diaryl/α,β-unsaturated/α-hetero) is 2. The Hall–Kier alpha value is -2.54. The number of likely N-dealkylation sites (tertiary alicyclic amines) is 2. The summed E-state index contributed by atoms with van der Waals surface area (Å²) in [5.74, 6) is -0.455. The van der Waals surface area contributed by atoms with Crippen LogP contribution in [0.15, 0.2) is 12.1 Å². The lowest BCUT2D eigenvalue weighted by molar-refractivity contribution is -0.139. The van der Waals surface area contributed by atoms with Gasteiger partial charge in [0.25, 0.3) is 0 Å². The SMILES string of the molecule is COC(CC(CCN1CC(=O)CC1=O)c1c(C)cc(C)cc1C)N1CC(=O)CC1=O. The standard InChI is InChI=1S/C23H30N2O5/c1-14-7-15(2)23(16(3)8-14)17(5-6-24-12-18(26)10-20(24)28)9-22(30-4)25-13-19(27)11-21(25)29/h7-8,17,22H,5-6,9-13H2,1-4H3. The second-order valence-electron chi connectivity index (χ2n) is 8.49. The summed E-state index contributed by atoms with van der Waals surface area (Å²) in [4.78, 5) is 50.8. The molecule has 2 unspecified atom stereocenters. The molecule has 0 spiro atoms. The maximum Gasteiger partial charge on any atom is 0.232 e. The van der Waals surface area contributed by atoms with Crippen molar-refractivity contribution in [2.75, 3.05) is 26.7 Å². The number of hydrogen-bond acceptors (Lipinski definition) is 5. The van der Waals surface area contributed by atoms with E-state index in [1.54, 1.807) is 12.0 Å². The van der Waals surface area contributed by atoms with Crippen molar-refractivity contribution < 1.29 is 23.9 Å². The van der Waals surface area contributed by atoms with Gasteiger partial charge in [0.2, 0.25) is 11.8 Å². The number of methoxy groups -OCH3 is 1. The highest BCUT2D eigenvalue weighted by atomic mass is 16.5. The zero-order valence-electron chi connectivity index (χ0n) is 18.2. The number of rotatable bonds is 8. The first-order valence-electron chi connectivity index (χ1n) is 10.4. The van der Waals surface area contributed by atoms with E-state index in [9.17, 15) is 19.2 Å². The first kappa shape index (κ1) is 22.2. The summed E-state index contributed by atoms with van der Waals surface area (Å²) in [7, 11) is 1.55. The van der Waals surface area contributed by atoms with Crippen LogP contribution < -0.4 is 0 Å². The van der Waals surface area contributed by atoms with E-state index in [0.717, 1.165) is 11.1 Å². The monoisotopic (exact) mass is 414 g/mol. The Morgan fingerprint density at radius 2 is 1.53 bits per heavy atom. The molecule has 0 radical (unpaired) electrons. The fourth-order valence-corrected chi connectivity index (χ4v) is 4.83. The molecule has 2 heterocycles. The average molecular weight is 415 g/mol. The Morgan fingerprint density at radius 3 is 2.03 bits per heavy atom. The highest BCUT2D eigenvalue weighted by molar-refractivity contribution is 6.05. The molecule has 1 aromatic rings. The van der Waals surface area contributed by atoms with Crippen LogP contribution in [0.2, 0.25) is 0 Å². The first-order valence-corrected chi connectivity index (χ1v) is 10.4. The Labute approximate surface area is 177 Å². The number of ketones is 2. The van der Waals surface area contributed by atoms with E-state index in [1.165, 1.54) is 16.0 Å². The molecule has 0 N–H and O–H groups in total.